The van der Waals surface area contributed by atoms with Crippen LogP contribution < -0.4 is 11.1 Å². The molecule has 5 heteroatoms. The molecule has 1 unspecified atom stereocenters. The minimum atomic E-state index is -0.645. The zero-order chi connectivity index (χ0) is 10.4. The van der Waals surface area contributed by atoms with Gasteiger partial charge < -0.3 is 15.8 Å². The molecule has 0 aliphatic carbocycles. The van der Waals surface area contributed by atoms with Crippen LogP contribution in [-0.4, -0.2) is 30.6 Å². The summed E-state index contributed by atoms with van der Waals surface area (Å²) >= 11 is 0. The molecule has 0 fully saturated rings. The number of carbonyl (C=O) groups excluding carboxylic acids is 1. The standard InChI is InChI=1S/C9H13N3O2/c1-14-6-8(10)9(13)12-7-2-4-11-5-3-7/h2-5,8H,6,10H2,1H3,(H,11,12,13). The van der Waals surface area contributed by atoms with Crippen LogP contribution in [0.3, 0.4) is 0 Å². The van der Waals surface area contributed by atoms with Crippen LogP contribution in [0.5, 0.6) is 0 Å². The van der Waals surface area contributed by atoms with Crippen LogP contribution >= 0.6 is 0 Å². The third-order valence-corrected chi connectivity index (χ3v) is 1.63. The van der Waals surface area contributed by atoms with E-state index in [-0.39, 0.29) is 12.5 Å². The molecule has 1 atom stereocenters. The lowest BCUT2D eigenvalue weighted by atomic mass is 10.3. The molecular weight excluding hydrogens is 182 g/mol. The second-order valence-electron chi connectivity index (χ2n) is 2.79. The fourth-order valence-corrected chi connectivity index (χ4v) is 0.925. The molecular formula is C9H13N3O2. The second-order valence-corrected chi connectivity index (χ2v) is 2.79. The molecule has 76 valence electrons. The third-order valence-electron chi connectivity index (χ3n) is 1.63. The van der Waals surface area contributed by atoms with Gasteiger partial charge in [-0.3, -0.25) is 9.78 Å². The van der Waals surface area contributed by atoms with Crippen LogP contribution in [0.2, 0.25) is 0 Å². The summed E-state index contributed by atoms with van der Waals surface area (Å²) in [4.78, 5) is 15.2. The monoisotopic (exact) mass is 195 g/mol. The predicted molar refractivity (Wildman–Crippen MR) is 52.7 cm³/mol. The van der Waals surface area contributed by atoms with E-state index in [9.17, 15) is 4.79 Å². The van der Waals surface area contributed by atoms with Gasteiger partial charge in [0.2, 0.25) is 5.91 Å². The lowest BCUT2D eigenvalue weighted by molar-refractivity contribution is -0.118. The molecule has 1 aromatic rings. The minimum absolute atomic E-state index is 0.205. The first-order valence-electron chi connectivity index (χ1n) is 4.19. The Morgan fingerprint density at radius 1 is 1.64 bits per heavy atom. The lowest BCUT2D eigenvalue weighted by Gasteiger charge is -2.10. The molecule has 0 aromatic carbocycles. The SMILES string of the molecule is COCC(N)C(=O)Nc1ccncc1. The quantitative estimate of drug-likeness (QED) is 0.708. The Morgan fingerprint density at radius 3 is 2.86 bits per heavy atom. The maximum Gasteiger partial charge on any atom is 0.243 e. The molecule has 0 saturated carbocycles. The molecule has 3 N–H and O–H groups in total. The third kappa shape index (κ3) is 3.12. The number of methoxy groups -OCH3 is 1. The van der Waals surface area contributed by atoms with E-state index >= 15 is 0 Å². The van der Waals surface area contributed by atoms with Crippen LogP contribution in [0.1, 0.15) is 0 Å². The van der Waals surface area contributed by atoms with Crippen molar-refractivity contribution in [1.82, 2.24) is 4.98 Å². The minimum Gasteiger partial charge on any atom is -0.383 e. The molecule has 0 spiro atoms. The fraction of sp³-hybridized carbons (Fsp3) is 0.333. The molecule has 1 amide bonds. The highest BCUT2D eigenvalue weighted by atomic mass is 16.5. The molecule has 0 aliphatic rings. The van der Waals surface area contributed by atoms with Crippen molar-refractivity contribution in [3.63, 3.8) is 0 Å². The summed E-state index contributed by atoms with van der Waals surface area (Å²) < 4.78 is 4.76. The van der Waals surface area contributed by atoms with Crippen LogP contribution in [0, 0.1) is 0 Å². The first-order valence-corrected chi connectivity index (χ1v) is 4.19. The molecule has 1 heterocycles. The van der Waals surface area contributed by atoms with E-state index in [0.29, 0.717) is 5.69 Å². The number of aromatic nitrogens is 1. The maximum atomic E-state index is 11.4. The number of amides is 1. The van der Waals surface area contributed by atoms with Crippen molar-refractivity contribution in [2.75, 3.05) is 19.0 Å². The fourth-order valence-electron chi connectivity index (χ4n) is 0.925. The molecule has 0 bridgehead atoms. The van der Waals surface area contributed by atoms with Crippen LogP contribution in [0.25, 0.3) is 0 Å². The summed E-state index contributed by atoms with van der Waals surface area (Å²) in [6.07, 6.45) is 3.19. The van der Waals surface area contributed by atoms with E-state index in [1.807, 2.05) is 0 Å². The number of ether oxygens (including phenoxy) is 1. The zero-order valence-corrected chi connectivity index (χ0v) is 7.93. The Bertz CT molecular complexity index is 289. The maximum absolute atomic E-state index is 11.4. The Kier molecular flexibility index (Phi) is 4.03. The van der Waals surface area contributed by atoms with Gasteiger partial charge >= 0.3 is 0 Å². The lowest BCUT2D eigenvalue weighted by Crippen LogP contribution is -2.39. The highest BCUT2D eigenvalue weighted by molar-refractivity contribution is 5.94. The molecule has 0 radical (unpaired) electrons. The van der Waals surface area contributed by atoms with E-state index < -0.39 is 6.04 Å². The summed E-state index contributed by atoms with van der Waals surface area (Å²) in [5, 5.41) is 2.64. The van der Waals surface area contributed by atoms with Crippen LogP contribution in [0.4, 0.5) is 5.69 Å². The Morgan fingerprint density at radius 2 is 2.29 bits per heavy atom. The van der Waals surface area contributed by atoms with E-state index in [2.05, 4.69) is 10.3 Å². The van der Waals surface area contributed by atoms with Crippen molar-refractivity contribution in [2.45, 2.75) is 6.04 Å². The molecule has 0 aliphatic heterocycles. The smallest absolute Gasteiger partial charge is 0.243 e. The average molecular weight is 195 g/mol. The van der Waals surface area contributed by atoms with E-state index in [4.69, 9.17) is 10.5 Å². The van der Waals surface area contributed by atoms with E-state index in [1.165, 1.54) is 7.11 Å². The molecule has 1 rings (SSSR count). The predicted octanol–water partition coefficient (Wildman–Crippen LogP) is -0.00620. The van der Waals surface area contributed by atoms with Gasteiger partial charge in [-0.1, -0.05) is 0 Å². The number of nitrogens with zero attached hydrogens (tertiary/aromatic N) is 1. The van der Waals surface area contributed by atoms with Gasteiger partial charge in [-0.2, -0.15) is 0 Å². The number of anilines is 1. The summed E-state index contributed by atoms with van der Waals surface area (Å²) in [6, 6.07) is 2.74. The average Bonchev–Trinajstić information content (AvgIpc) is 2.19. The number of nitrogens with two attached hydrogens (primary N) is 1. The van der Waals surface area contributed by atoms with Gasteiger partial charge in [-0.15, -0.1) is 0 Å². The number of carbonyl (C=O) groups is 1. The van der Waals surface area contributed by atoms with Gasteiger partial charge in [0, 0.05) is 25.2 Å². The summed E-state index contributed by atoms with van der Waals surface area (Å²) in [7, 11) is 1.50. The van der Waals surface area contributed by atoms with Crippen molar-refractivity contribution in [2.24, 2.45) is 5.73 Å². The first-order chi connectivity index (χ1) is 6.74. The van der Waals surface area contributed by atoms with E-state index in [1.54, 1.807) is 24.5 Å². The topological polar surface area (TPSA) is 77.2 Å². The van der Waals surface area contributed by atoms with Crippen LogP contribution in [0.15, 0.2) is 24.5 Å². The molecule has 5 nitrogen and oxygen atoms in total. The zero-order valence-electron chi connectivity index (χ0n) is 7.93. The van der Waals surface area contributed by atoms with Crippen molar-refractivity contribution in [3.05, 3.63) is 24.5 Å². The van der Waals surface area contributed by atoms with Crippen molar-refractivity contribution in [1.29, 1.82) is 0 Å². The Hall–Kier alpha value is -1.46. The van der Waals surface area contributed by atoms with Crippen molar-refractivity contribution >= 4 is 11.6 Å². The Balaban J connectivity index is 2.49. The van der Waals surface area contributed by atoms with Crippen LogP contribution in [-0.2, 0) is 9.53 Å². The highest BCUT2D eigenvalue weighted by Crippen LogP contribution is 2.03. The van der Waals surface area contributed by atoms with Crippen molar-refractivity contribution < 1.29 is 9.53 Å². The number of nitrogens with one attached hydrogen (secondary N) is 1. The van der Waals surface area contributed by atoms with Gasteiger partial charge in [0.25, 0.3) is 0 Å². The number of pyridine rings is 1. The first kappa shape index (κ1) is 10.6. The van der Waals surface area contributed by atoms with Gasteiger partial charge in [-0.25, -0.2) is 0 Å². The summed E-state index contributed by atoms with van der Waals surface area (Å²) in [5.74, 6) is -0.266. The van der Waals surface area contributed by atoms with Gasteiger partial charge in [0.05, 0.1) is 6.61 Å². The largest absolute Gasteiger partial charge is 0.383 e. The normalized spacial score (nSPS) is 12.1. The highest BCUT2D eigenvalue weighted by Gasteiger charge is 2.12. The van der Waals surface area contributed by atoms with Crippen molar-refractivity contribution in [3.8, 4) is 0 Å². The van der Waals surface area contributed by atoms with Gasteiger partial charge in [-0.05, 0) is 12.1 Å². The summed E-state index contributed by atoms with van der Waals surface area (Å²) in [6.45, 7) is 0.205. The van der Waals surface area contributed by atoms with E-state index in [0.717, 1.165) is 0 Å². The molecule has 1 aromatic heterocycles. The number of hydrogen-bond donors (Lipinski definition) is 2. The molecule has 14 heavy (non-hydrogen) atoms. The Labute approximate surface area is 82.3 Å². The molecule has 0 saturated heterocycles. The second kappa shape index (κ2) is 5.31. The van der Waals surface area contributed by atoms with Gasteiger partial charge in [0.1, 0.15) is 6.04 Å². The van der Waals surface area contributed by atoms with Gasteiger partial charge in [0.15, 0.2) is 0 Å². The number of hydrogen-bond acceptors (Lipinski definition) is 4. The summed E-state index contributed by atoms with van der Waals surface area (Å²) in [5.41, 5.74) is 6.20. The number of rotatable bonds is 4.